The lowest BCUT2D eigenvalue weighted by Crippen LogP contribution is -2.41. The molecule has 0 aliphatic carbocycles. The monoisotopic (exact) mass is 373 g/mol. The second-order valence-corrected chi connectivity index (χ2v) is 8.76. The van der Waals surface area contributed by atoms with E-state index in [2.05, 4.69) is 18.4 Å². The molecule has 0 bridgehead atoms. The Balaban J connectivity index is 1.54. The van der Waals surface area contributed by atoms with Crippen LogP contribution in [-0.2, 0) is 4.74 Å². The third-order valence-corrected chi connectivity index (χ3v) is 6.59. The van der Waals surface area contributed by atoms with E-state index in [0.29, 0.717) is 12.0 Å². The third kappa shape index (κ3) is 3.45. The number of hydrogen-bond donors (Lipinski definition) is 0. The molecule has 0 N–H and O–H groups in total. The third-order valence-electron chi connectivity index (χ3n) is 5.60. The van der Waals surface area contributed by atoms with Crippen molar-refractivity contribution in [2.75, 3.05) is 26.3 Å². The van der Waals surface area contributed by atoms with Crippen molar-refractivity contribution in [2.45, 2.75) is 51.5 Å². The van der Waals surface area contributed by atoms with Gasteiger partial charge in [0.15, 0.2) is 0 Å². The topological polar surface area (TPSA) is 47.4 Å². The molecule has 140 valence electrons. The van der Waals surface area contributed by atoms with Gasteiger partial charge in [0.25, 0.3) is 5.91 Å². The van der Waals surface area contributed by atoms with Crippen molar-refractivity contribution in [3.8, 4) is 0 Å². The molecule has 1 atom stereocenters. The summed E-state index contributed by atoms with van der Waals surface area (Å²) in [6.07, 6.45) is 6.24. The Kier molecular flexibility index (Phi) is 5.14. The second kappa shape index (κ2) is 7.53. The normalized spacial score (nSPS) is 21.9. The molecule has 0 spiro atoms. The molecular formula is C20H27N3O2S. The summed E-state index contributed by atoms with van der Waals surface area (Å²) in [4.78, 5) is 21.7. The zero-order chi connectivity index (χ0) is 18.1. The van der Waals surface area contributed by atoms with Gasteiger partial charge in [0, 0.05) is 49.0 Å². The molecule has 0 aromatic carbocycles. The predicted octanol–water partition coefficient (Wildman–Crippen LogP) is 3.93. The fourth-order valence-electron chi connectivity index (χ4n) is 4.25. The lowest BCUT2D eigenvalue weighted by molar-refractivity contribution is 0.0671. The van der Waals surface area contributed by atoms with E-state index in [1.165, 1.54) is 16.4 Å². The molecule has 4 rings (SSSR count). The highest BCUT2D eigenvalue weighted by Crippen LogP contribution is 2.32. The van der Waals surface area contributed by atoms with Gasteiger partial charge in [0.1, 0.15) is 5.82 Å². The molecule has 2 aromatic rings. The van der Waals surface area contributed by atoms with Crippen molar-refractivity contribution in [1.82, 2.24) is 14.5 Å². The first kappa shape index (κ1) is 17.7. The maximum Gasteiger partial charge on any atom is 0.263 e. The zero-order valence-electron chi connectivity index (χ0n) is 15.6. The van der Waals surface area contributed by atoms with Gasteiger partial charge >= 0.3 is 0 Å². The van der Waals surface area contributed by atoms with Gasteiger partial charge in [-0.25, -0.2) is 4.98 Å². The first-order valence-corrected chi connectivity index (χ1v) is 10.4. The Hall–Kier alpha value is -1.66. The van der Waals surface area contributed by atoms with Gasteiger partial charge in [-0.1, -0.05) is 0 Å². The molecule has 5 nitrogen and oxygen atoms in total. The maximum atomic E-state index is 12.9. The number of ether oxygens (including phenoxy) is 1. The summed E-state index contributed by atoms with van der Waals surface area (Å²) >= 11 is 1.59. The smallest absolute Gasteiger partial charge is 0.263 e. The maximum absolute atomic E-state index is 12.9. The van der Waals surface area contributed by atoms with Crippen molar-refractivity contribution in [2.24, 2.45) is 0 Å². The molecule has 2 aliphatic rings. The minimum Gasteiger partial charge on any atom is -0.381 e. The lowest BCUT2D eigenvalue weighted by atomic mass is 9.97. The van der Waals surface area contributed by atoms with E-state index in [4.69, 9.17) is 9.72 Å². The van der Waals surface area contributed by atoms with Crippen LogP contribution in [0, 0.1) is 13.8 Å². The number of aryl methyl sites for hydroxylation is 2. The van der Waals surface area contributed by atoms with Crippen molar-refractivity contribution in [3.05, 3.63) is 39.6 Å². The number of carbonyl (C=O) groups excluding carboxylic acids is 1. The molecule has 2 aliphatic heterocycles. The molecule has 6 heteroatoms. The number of hydrogen-bond acceptors (Lipinski definition) is 4. The first-order valence-electron chi connectivity index (χ1n) is 9.60. The van der Waals surface area contributed by atoms with E-state index >= 15 is 0 Å². The summed E-state index contributed by atoms with van der Waals surface area (Å²) in [5, 5.41) is 0. The number of nitrogens with zero attached hydrogens (tertiary/aromatic N) is 3. The molecular weight excluding hydrogens is 346 g/mol. The van der Waals surface area contributed by atoms with E-state index < -0.39 is 0 Å². The van der Waals surface area contributed by atoms with Crippen LogP contribution in [0.25, 0.3) is 0 Å². The summed E-state index contributed by atoms with van der Waals surface area (Å²) in [7, 11) is 0. The summed E-state index contributed by atoms with van der Waals surface area (Å²) in [6.45, 7) is 7.47. The number of thiophene rings is 1. The van der Waals surface area contributed by atoms with E-state index in [-0.39, 0.29) is 5.91 Å². The Labute approximate surface area is 159 Å². The molecule has 1 amide bonds. The molecule has 1 unspecified atom stereocenters. The SMILES string of the molecule is Cc1ccc(C(=O)N2CCCC(n3c(C)cnc3C3CCOCC3)C2)s1. The predicted molar refractivity (Wildman–Crippen MR) is 103 cm³/mol. The molecule has 26 heavy (non-hydrogen) atoms. The summed E-state index contributed by atoms with van der Waals surface area (Å²) in [5.41, 5.74) is 1.21. The molecule has 2 saturated heterocycles. The van der Waals surface area contributed by atoms with Crippen molar-refractivity contribution < 1.29 is 9.53 Å². The number of carbonyl (C=O) groups is 1. The number of amides is 1. The van der Waals surface area contributed by atoms with E-state index in [0.717, 1.165) is 56.9 Å². The van der Waals surface area contributed by atoms with Gasteiger partial charge in [-0.15, -0.1) is 11.3 Å². The van der Waals surface area contributed by atoms with Crippen LogP contribution in [-0.4, -0.2) is 46.7 Å². The molecule has 2 aromatic heterocycles. The zero-order valence-corrected chi connectivity index (χ0v) is 16.4. The van der Waals surface area contributed by atoms with Gasteiger partial charge < -0.3 is 14.2 Å². The number of imidazole rings is 1. The Bertz CT molecular complexity index is 776. The van der Waals surface area contributed by atoms with Crippen LogP contribution in [0.2, 0.25) is 0 Å². The Morgan fingerprint density at radius 2 is 2.04 bits per heavy atom. The largest absolute Gasteiger partial charge is 0.381 e. The highest BCUT2D eigenvalue weighted by Gasteiger charge is 2.30. The summed E-state index contributed by atoms with van der Waals surface area (Å²) < 4.78 is 7.94. The fourth-order valence-corrected chi connectivity index (χ4v) is 5.09. The fraction of sp³-hybridized carbons (Fsp3) is 0.600. The molecule has 0 radical (unpaired) electrons. The minimum absolute atomic E-state index is 0.179. The number of rotatable bonds is 3. The Morgan fingerprint density at radius 3 is 2.77 bits per heavy atom. The van der Waals surface area contributed by atoms with E-state index in [1.807, 2.05) is 23.2 Å². The van der Waals surface area contributed by atoms with Gasteiger partial charge in [-0.05, 0) is 51.7 Å². The van der Waals surface area contributed by atoms with E-state index in [1.54, 1.807) is 11.3 Å². The van der Waals surface area contributed by atoms with E-state index in [9.17, 15) is 4.79 Å². The second-order valence-electron chi connectivity index (χ2n) is 7.47. The number of aromatic nitrogens is 2. The van der Waals surface area contributed by atoms with Crippen LogP contribution in [0.15, 0.2) is 18.3 Å². The van der Waals surface area contributed by atoms with Gasteiger partial charge in [0.2, 0.25) is 0 Å². The molecule has 0 saturated carbocycles. The van der Waals surface area contributed by atoms with Crippen molar-refractivity contribution in [3.63, 3.8) is 0 Å². The molecule has 2 fully saturated rings. The van der Waals surface area contributed by atoms with Gasteiger partial charge in [0.05, 0.1) is 10.9 Å². The minimum atomic E-state index is 0.179. The first-order chi connectivity index (χ1) is 12.6. The van der Waals surface area contributed by atoms with Crippen LogP contribution >= 0.6 is 11.3 Å². The highest BCUT2D eigenvalue weighted by atomic mass is 32.1. The van der Waals surface area contributed by atoms with Gasteiger partial charge in [-0.2, -0.15) is 0 Å². The van der Waals surface area contributed by atoms with Crippen LogP contribution in [0.5, 0.6) is 0 Å². The van der Waals surface area contributed by atoms with Gasteiger partial charge in [-0.3, -0.25) is 4.79 Å². The highest BCUT2D eigenvalue weighted by molar-refractivity contribution is 7.13. The van der Waals surface area contributed by atoms with Crippen LogP contribution in [0.4, 0.5) is 0 Å². The van der Waals surface area contributed by atoms with Crippen molar-refractivity contribution >= 4 is 17.2 Å². The van der Waals surface area contributed by atoms with Crippen LogP contribution in [0.1, 0.15) is 63.7 Å². The molecule has 4 heterocycles. The summed E-state index contributed by atoms with van der Waals surface area (Å²) in [5.74, 6) is 1.85. The number of piperidine rings is 1. The Morgan fingerprint density at radius 1 is 1.23 bits per heavy atom. The van der Waals surface area contributed by atoms with Crippen LogP contribution < -0.4 is 0 Å². The lowest BCUT2D eigenvalue weighted by Gasteiger charge is -2.35. The number of likely N-dealkylation sites (tertiary alicyclic amines) is 1. The summed E-state index contributed by atoms with van der Waals surface area (Å²) in [6, 6.07) is 4.32. The quantitative estimate of drug-likeness (QED) is 0.819. The standard InChI is InChI=1S/C20H27N3O2S/c1-14-12-21-19(16-7-10-25-11-8-16)23(14)17-4-3-9-22(13-17)20(24)18-6-5-15(2)26-18/h5-6,12,16-17H,3-4,7-11,13H2,1-2H3. The van der Waals surface area contributed by atoms with Crippen LogP contribution in [0.3, 0.4) is 0 Å². The van der Waals surface area contributed by atoms with Crippen molar-refractivity contribution in [1.29, 1.82) is 0 Å². The average molecular weight is 374 g/mol. The average Bonchev–Trinajstić information content (AvgIpc) is 3.28.